The van der Waals surface area contributed by atoms with Gasteiger partial charge in [-0.1, -0.05) is 23.5 Å². The minimum Gasteiger partial charge on any atom is -0.345 e. The molecule has 184 valence electrons. The summed E-state index contributed by atoms with van der Waals surface area (Å²) in [4.78, 5) is 38.0. The highest BCUT2D eigenvalue weighted by Gasteiger charge is 2.27. The van der Waals surface area contributed by atoms with Crippen molar-refractivity contribution in [3.05, 3.63) is 82.2 Å². The number of amides is 1. The molecule has 0 bridgehead atoms. The van der Waals surface area contributed by atoms with Gasteiger partial charge in [-0.15, -0.1) is 5.10 Å². The number of hydrogen-bond acceptors (Lipinski definition) is 8. The summed E-state index contributed by atoms with van der Waals surface area (Å²) >= 11 is 1.60. The van der Waals surface area contributed by atoms with Crippen molar-refractivity contribution >= 4 is 27.9 Å². The van der Waals surface area contributed by atoms with E-state index >= 15 is 0 Å². The molecule has 0 aliphatic carbocycles. The predicted octanol–water partition coefficient (Wildman–Crippen LogP) is 2.47. The van der Waals surface area contributed by atoms with E-state index in [0.717, 1.165) is 15.6 Å². The number of nitrogens with zero attached hydrogens (tertiary/aromatic N) is 8. The predicted molar refractivity (Wildman–Crippen MR) is 138 cm³/mol. The highest BCUT2D eigenvalue weighted by molar-refractivity contribution is 7.18. The third-order valence-corrected chi connectivity index (χ3v) is 7.57. The van der Waals surface area contributed by atoms with Gasteiger partial charge < -0.3 is 9.80 Å². The Morgan fingerprint density at radius 1 is 1.11 bits per heavy atom. The molecule has 11 nitrogen and oxygen atoms in total. The van der Waals surface area contributed by atoms with E-state index in [2.05, 4.69) is 31.1 Å². The summed E-state index contributed by atoms with van der Waals surface area (Å²) in [6.07, 6.45) is 5.06. The van der Waals surface area contributed by atoms with Crippen molar-refractivity contribution in [2.45, 2.75) is 6.92 Å². The van der Waals surface area contributed by atoms with Crippen LogP contribution in [-0.4, -0.2) is 66.3 Å². The third-order valence-electron chi connectivity index (χ3n) is 6.46. The first-order chi connectivity index (χ1) is 18.0. The van der Waals surface area contributed by atoms with Crippen molar-refractivity contribution in [2.24, 2.45) is 0 Å². The minimum atomic E-state index is -0.279. The van der Waals surface area contributed by atoms with Gasteiger partial charge in [0.25, 0.3) is 11.5 Å². The summed E-state index contributed by atoms with van der Waals surface area (Å²) < 4.78 is 2.96. The minimum absolute atomic E-state index is 0.106. The lowest BCUT2D eigenvalue weighted by atomic mass is 10.1. The molecule has 0 radical (unpaired) electrons. The van der Waals surface area contributed by atoms with Crippen molar-refractivity contribution in [2.75, 3.05) is 31.1 Å². The van der Waals surface area contributed by atoms with E-state index < -0.39 is 0 Å². The fourth-order valence-electron chi connectivity index (χ4n) is 4.39. The van der Waals surface area contributed by atoms with Crippen LogP contribution in [-0.2, 0) is 0 Å². The molecule has 4 aromatic heterocycles. The van der Waals surface area contributed by atoms with Crippen LogP contribution in [0.25, 0.3) is 21.9 Å². The monoisotopic (exact) mass is 511 g/mol. The molecule has 0 spiro atoms. The van der Waals surface area contributed by atoms with Crippen molar-refractivity contribution in [1.82, 2.24) is 34.3 Å². The zero-order valence-electron chi connectivity index (χ0n) is 19.8. The lowest BCUT2D eigenvalue weighted by Gasteiger charge is -2.34. The van der Waals surface area contributed by atoms with Crippen molar-refractivity contribution in [1.29, 1.82) is 5.26 Å². The number of aromatic nitrogens is 6. The van der Waals surface area contributed by atoms with Gasteiger partial charge in [0.15, 0.2) is 5.13 Å². The molecule has 5 heterocycles. The van der Waals surface area contributed by atoms with Crippen LogP contribution in [0.15, 0.2) is 59.8 Å². The second kappa shape index (κ2) is 9.03. The maximum atomic E-state index is 13.3. The number of piperazine rings is 1. The molecule has 1 fully saturated rings. The molecule has 6 rings (SSSR count). The van der Waals surface area contributed by atoms with Gasteiger partial charge in [0.1, 0.15) is 5.52 Å². The Bertz CT molecular complexity index is 1710. The number of aromatic amines is 1. The van der Waals surface area contributed by atoms with Crippen LogP contribution in [0, 0.1) is 18.3 Å². The fraction of sp³-hybridized carbons (Fsp3) is 0.200. The van der Waals surface area contributed by atoms with Crippen molar-refractivity contribution in [3.8, 4) is 22.5 Å². The number of anilines is 1. The summed E-state index contributed by atoms with van der Waals surface area (Å²) in [5.41, 5.74) is 2.89. The first-order valence-electron chi connectivity index (χ1n) is 11.6. The first kappa shape index (κ1) is 22.7. The van der Waals surface area contributed by atoms with Crippen molar-refractivity contribution in [3.63, 3.8) is 0 Å². The highest BCUT2D eigenvalue weighted by atomic mass is 32.1. The maximum absolute atomic E-state index is 13.3. The molecule has 0 atom stereocenters. The Kier molecular flexibility index (Phi) is 5.54. The molecule has 37 heavy (non-hydrogen) atoms. The van der Waals surface area contributed by atoms with Gasteiger partial charge in [0.2, 0.25) is 5.95 Å². The van der Waals surface area contributed by atoms with Gasteiger partial charge in [-0.05, 0) is 36.8 Å². The highest BCUT2D eigenvalue weighted by Crippen LogP contribution is 2.32. The fourth-order valence-corrected chi connectivity index (χ4v) is 5.36. The SMILES string of the molecule is Cc1c(C(=O)N2CCN(c3ncc(-c4ccc(C#N)cc4)s3)CC2)cnn1-c1nn2cccc2c(=O)[nH]1. The van der Waals surface area contributed by atoms with E-state index in [1.807, 2.05) is 23.2 Å². The number of H-pyrrole nitrogens is 1. The number of nitriles is 1. The van der Waals surface area contributed by atoms with E-state index in [9.17, 15) is 9.59 Å². The largest absolute Gasteiger partial charge is 0.345 e. The van der Waals surface area contributed by atoms with Gasteiger partial charge in [-0.2, -0.15) is 10.4 Å². The summed E-state index contributed by atoms with van der Waals surface area (Å²) in [6, 6.07) is 13.0. The van der Waals surface area contributed by atoms with Crippen LogP contribution in [0.5, 0.6) is 0 Å². The maximum Gasteiger partial charge on any atom is 0.276 e. The smallest absolute Gasteiger partial charge is 0.276 e. The van der Waals surface area contributed by atoms with E-state index in [1.54, 1.807) is 48.7 Å². The molecule has 1 amide bonds. The average Bonchev–Trinajstić information content (AvgIpc) is 3.68. The Balaban J connectivity index is 1.14. The molecular weight excluding hydrogens is 490 g/mol. The van der Waals surface area contributed by atoms with Crippen LogP contribution >= 0.6 is 11.3 Å². The lowest BCUT2D eigenvalue weighted by molar-refractivity contribution is 0.0746. The number of hydrogen-bond donors (Lipinski definition) is 1. The Morgan fingerprint density at radius 3 is 2.65 bits per heavy atom. The first-order valence-corrected chi connectivity index (χ1v) is 12.5. The van der Waals surface area contributed by atoms with Gasteiger partial charge >= 0.3 is 0 Å². The van der Waals surface area contributed by atoms with E-state index in [1.165, 1.54) is 15.4 Å². The molecule has 1 aliphatic heterocycles. The van der Waals surface area contributed by atoms with E-state index in [-0.39, 0.29) is 17.4 Å². The molecular formula is C25H21N9O2S. The second-order valence-corrected chi connectivity index (χ2v) is 9.66. The lowest BCUT2D eigenvalue weighted by Crippen LogP contribution is -2.48. The Hall–Kier alpha value is -4.76. The number of carbonyl (C=O) groups is 1. The summed E-state index contributed by atoms with van der Waals surface area (Å²) in [5.74, 6) is 0.141. The number of fused-ring (bicyclic) bond motifs is 1. The summed E-state index contributed by atoms with van der Waals surface area (Å²) in [6.45, 7) is 4.23. The number of carbonyl (C=O) groups excluding carboxylic acids is 1. The van der Waals surface area contributed by atoms with Crippen LogP contribution in [0.1, 0.15) is 21.6 Å². The standard InChI is InChI=1S/C25H21N9O2S/c1-16-19(14-28-34(16)24-29-22(35)20-3-2-8-33(20)30-24)23(36)31-9-11-32(12-10-31)25-27-15-21(37-25)18-6-4-17(13-26)5-7-18/h2-8,14-15H,9-12H2,1H3,(H,29,30,35). The Morgan fingerprint density at radius 2 is 1.89 bits per heavy atom. The number of nitrogens with one attached hydrogen (secondary N) is 1. The zero-order valence-corrected chi connectivity index (χ0v) is 20.6. The molecule has 1 aliphatic rings. The molecule has 1 saturated heterocycles. The molecule has 5 aromatic rings. The van der Waals surface area contributed by atoms with Crippen molar-refractivity contribution < 1.29 is 4.79 Å². The molecule has 0 saturated carbocycles. The van der Waals surface area contributed by atoms with Crippen LogP contribution in [0.3, 0.4) is 0 Å². The average molecular weight is 512 g/mol. The number of rotatable bonds is 4. The van der Waals surface area contributed by atoms with Gasteiger partial charge in [-0.25, -0.2) is 14.2 Å². The summed E-state index contributed by atoms with van der Waals surface area (Å²) in [5, 5.41) is 18.6. The molecule has 12 heteroatoms. The molecule has 1 aromatic carbocycles. The van der Waals surface area contributed by atoms with Gasteiger partial charge in [-0.3, -0.25) is 14.6 Å². The summed E-state index contributed by atoms with van der Waals surface area (Å²) in [7, 11) is 0. The quantitative estimate of drug-likeness (QED) is 0.393. The topological polar surface area (TPSA) is 128 Å². The molecule has 0 unspecified atom stereocenters. The van der Waals surface area contributed by atoms with Crippen LogP contribution in [0.2, 0.25) is 0 Å². The van der Waals surface area contributed by atoms with Gasteiger partial charge in [0, 0.05) is 38.6 Å². The zero-order chi connectivity index (χ0) is 25.5. The van der Waals surface area contributed by atoms with E-state index in [0.29, 0.717) is 48.5 Å². The third kappa shape index (κ3) is 4.05. The molecule has 1 N–H and O–H groups in total. The number of benzene rings is 1. The second-order valence-electron chi connectivity index (χ2n) is 8.65. The Labute approximate surface area is 214 Å². The van der Waals surface area contributed by atoms with Gasteiger partial charge in [0.05, 0.1) is 34.0 Å². The van der Waals surface area contributed by atoms with Crippen LogP contribution in [0.4, 0.5) is 5.13 Å². The van der Waals surface area contributed by atoms with E-state index in [4.69, 9.17) is 5.26 Å². The number of thiazole rings is 1. The normalized spacial score (nSPS) is 13.7. The van der Waals surface area contributed by atoms with Crippen LogP contribution < -0.4 is 10.5 Å².